The van der Waals surface area contributed by atoms with Crippen LogP contribution in [0.1, 0.15) is 18.7 Å². The van der Waals surface area contributed by atoms with E-state index in [0.717, 1.165) is 10.8 Å². The maximum absolute atomic E-state index is 14.2. The van der Waals surface area contributed by atoms with Gasteiger partial charge in [0.25, 0.3) is 0 Å². The van der Waals surface area contributed by atoms with Gasteiger partial charge in [-0.3, -0.25) is 4.79 Å². The van der Waals surface area contributed by atoms with Crippen molar-refractivity contribution in [2.75, 3.05) is 13.7 Å². The van der Waals surface area contributed by atoms with Crippen molar-refractivity contribution in [1.82, 2.24) is 5.32 Å². The SMILES string of the molecule is COc1ccc2cccc(C(F)CNC(C)=O)c2c1. The van der Waals surface area contributed by atoms with Crippen LogP contribution >= 0.6 is 0 Å². The summed E-state index contributed by atoms with van der Waals surface area (Å²) in [5, 5.41) is 4.25. The zero-order chi connectivity index (χ0) is 13.8. The molecule has 0 saturated carbocycles. The quantitative estimate of drug-likeness (QED) is 0.918. The first-order valence-corrected chi connectivity index (χ1v) is 6.07. The van der Waals surface area contributed by atoms with Crippen molar-refractivity contribution < 1.29 is 13.9 Å². The van der Waals surface area contributed by atoms with Crippen molar-refractivity contribution >= 4 is 16.7 Å². The molecule has 19 heavy (non-hydrogen) atoms. The van der Waals surface area contributed by atoms with Gasteiger partial charge >= 0.3 is 0 Å². The Balaban J connectivity index is 2.38. The molecule has 1 amide bonds. The first kappa shape index (κ1) is 13.3. The number of ether oxygens (including phenoxy) is 1. The zero-order valence-electron chi connectivity index (χ0n) is 10.9. The molecule has 1 unspecified atom stereocenters. The van der Waals surface area contributed by atoms with E-state index in [-0.39, 0.29) is 12.5 Å². The number of methoxy groups -OCH3 is 1. The summed E-state index contributed by atoms with van der Waals surface area (Å²) in [5.74, 6) is 0.451. The minimum absolute atomic E-state index is 0.0222. The number of benzene rings is 2. The molecule has 0 aliphatic rings. The molecule has 0 radical (unpaired) electrons. The number of hydrogen-bond donors (Lipinski definition) is 1. The molecule has 3 nitrogen and oxygen atoms in total. The van der Waals surface area contributed by atoms with Gasteiger partial charge in [0.15, 0.2) is 0 Å². The second-order valence-corrected chi connectivity index (χ2v) is 4.34. The molecule has 2 aromatic carbocycles. The second-order valence-electron chi connectivity index (χ2n) is 4.34. The molecule has 2 aromatic rings. The molecule has 0 heterocycles. The normalized spacial score (nSPS) is 12.2. The Hall–Kier alpha value is -2.10. The summed E-state index contributed by atoms with van der Waals surface area (Å²) in [4.78, 5) is 10.8. The van der Waals surface area contributed by atoms with Crippen molar-refractivity contribution in [2.45, 2.75) is 13.1 Å². The van der Waals surface area contributed by atoms with E-state index in [1.165, 1.54) is 6.92 Å². The topological polar surface area (TPSA) is 38.3 Å². The minimum Gasteiger partial charge on any atom is -0.497 e. The van der Waals surface area contributed by atoms with Crippen LogP contribution in [0.5, 0.6) is 5.75 Å². The lowest BCUT2D eigenvalue weighted by molar-refractivity contribution is -0.119. The third-order valence-corrected chi connectivity index (χ3v) is 2.99. The number of alkyl halides is 1. The fourth-order valence-corrected chi connectivity index (χ4v) is 2.02. The Labute approximate surface area is 111 Å². The summed E-state index contributed by atoms with van der Waals surface area (Å²) >= 11 is 0. The largest absolute Gasteiger partial charge is 0.497 e. The van der Waals surface area contributed by atoms with E-state index in [1.807, 2.05) is 30.3 Å². The van der Waals surface area contributed by atoms with Gasteiger partial charge in [-0.25, -0.2) is 4.39 Å². The molecule has 0 aliphatic heterocycles. The third-order valence-electron chi connectivity index (χ3n) is 2.99. The lowest BCUT2D eigenvalue weighted by Gasteiger charge is -2.13. The van der Waals surface area contributed by atoms with E-state index < -0.39 is 6.17 Å². The molecule has 1 N–H and O–H groups in total. The van der Waals surface area contributed by atoms with Crippen molar-refractivity contribution in [1.29, 1.82) is 0 Å². The number of halogens is 1. The number of hydrogen-bond acceptors (Lipinski definition) is 2. The van der Waals surface area contributed by atoms with Gasteiger partial charge in [-0.1, -0.05) is 24.3 Å². The number of nitrogens with one attached hydrogen (secondary N) is 1. The number of rotatable bonds is 4. The summed E-state index contributed by atoms with van der Waals surface area (Å²) in [6.45, 7) is 1.35. The minimum atomic E-state index is -1.24. The van der Waals surface area contributed by atoms with E-state index in [2.05, 4.69) is 5.32 Å². The molecule has 0 fully saturated rings. The van der Waals surface area contributed by atoms with Gasteiger partial charge in [-0.15, -0.1) is 0 Å². The summed E-state index contributed by atoms with van der Waals surface area (Å²) < 4.78 is 19.4. The number of amides is 1. The number of carbonyl (C=O) groups is 1. The molecule has 0 spiro atoms. The number of carbonyl (C=O) groups excluding carboxylic acids is 1. The molecule has 1 atom stereocenters. The van der Waals surface area contributed by atoms with Crippen LogP contribution in [-0.2, 0) is 4.79 Å². The molecule has 0 aliphatic carbocycles. The standard InChI is InChI=1S/C15H16FNO2/c1-10(18)17-9-15(16)13-5-3-4-11-6-7-12(19-2)8-14(11)13/h3-8,15H,9H2,1-2H3,(H,17,18). The van der Waals surface area contributed by atoms with Gasteiger partial charge in [0.2, 0.25) is 5.91 Å². The van der Waals surface area contributed by atoms with Crippen LogP contribution in [-0.4, -0.2) is 19.6 Å². The maximum Gasteiger partial charge on any atom is 0.216 e. The lowest BCUT2D eigenvalue weighted by Crippen LogP contribution is -2.24. The van der Waals surface area contributed by atoms with Crippen LogP contribution in [0.2, 0.25) is 0 Å². The van der Waals surface area contributed by atoms with Gasteiger partial charge in [-0.2, -0.15) is 0 Å². The summed E-state index contributed by atoms with van der Waals surface area (Å²) in [6.07, 6.45) is -1.24. The van der Waals surface area contributed by atoms with E-state index in [1.54, 1.807) is 13.2 Å². The highest BCUT2D eigenvalue weighted by molar-refractivity contribution is 5.87. The van der Waals surface area contributed by atoms with Gasteiger partial charge in [-0.05, 0) is 28.5 Å². The summed E-state index contributed by atoms with van der Waals surface area (Å²) in [5.41, 5.74) is 0.560. The highest BCUT2D eigenvalue weighted by Crippen LogP contribution is 2.29. The van der Waals surface area contributed by atoms with Crippen molar-refractivity contribution in [3.8, 4) is 5.75 Å². The molecular formula is C15H16FNO2. The molecule has 0 bridgehead atoms. The van der Waals surface area contributed by atoms with E-state index in [0.29, 0.717) is 11.3 Å². The Morgan fingerprint density at radius 1 is 1.37 bits per heavy atom. The first-order chi connectivity index (χ1) is 9.11. The molecular weight excluding hydrogens is 245 g/mol. The van der Waals surface area contributed by atoms with E-state index >= 15 is 0 Å². The fraction of sp³-hybridized carbons (Fsp3) is 0.267. The average molecular weight is 261 g/mol. The van der Waals surface area contributed by atoms with Gasteiger partial charge in [0.05, 0.1) is 13.7 Å². The van der Waals surface area contributed by atoms with Crippen LogP contribution in [0, 0.1) is 0 Å². The summed E-state index contributed by atoms with van der Waals surface area (Å²) in [7, 11) is 1.58. The highest BCUT2D eigenvalue weighted by atomic mass is 19.1. The Morgan fingerprint density at radius 3 is 2.84 bits per heavy atom. The summed E-state index contributed by atoms with van der Waals surface area (Å²) in [6, 6.07) is 11.0. The van der Waals surface area contributed by atoms with Gasteiger partial charge in [0.1, 0.15) is 11.9 Å². The average Bonchev–Trinajstić information content (AvgIpc) is 2.43. The van der Waals surface area contributed by atoms with Crippen molar-refractivity contribution in [3.05, 3.63) is 42.0 Å². The Morgan fingerprint density at radius 2 is 2.16 bits per heavy atom. The Kier molecular flexibility index (Phi) is 4.00. The van der Waals surface area contributed by atoms with E-state index in [4.69, 9.17) is 4.74 Å². The van der Waals surface area contributed by atoms with E-state index in [9.17, 15) is 9.18 Å². The fourth-order valence-electron chi connectivity index (χ4n) is 2.02. The second kappa shape index (κ2) is 5.69. The van der Waals surface area contributed by atoms with Crippen LogP contribution in [0.3, 0.4) is 0 Å². The molecule has 4 heteroatoms. The monoisotopic (exact) mass is 261 g/mol. The first-order valence-electron chi connectivity index (χ1n) is 6.07. The predicted molar refractivity (Wildman–Crippen MR) is 73.0 cm³/mol. The molecule has 2 rings (SSSR count). The smallest absolute Gasteiger partial charge is 0.216 e. The van der Waals surface area contributed by atoms with Crippen molar-refractivity contribution in [3.63, 3.8) is 0 Å². The molecule has 0 aromatic heterocycles. The van der Waals surface area contributed by atoms with Crippen LogP contribution in [0.15, 0.2) is 36.4 Å². The Bertz CT molecular complexity index is 598. The number of fused-ring (bicyclic) bond motifs is 1. The third kappa shape index (κ3) is 3.02. The van der Waals surface area contributed by atoms with Crippen LogP contribution < -0.4 is 10.1 Å². The predicted octanol–water partition coefficient (Wildman–Crippen LogP) is 3.00. The van der Waals surface area contributed by atoms with Crippen molar-refractivity contribution in [2.24, 2.45) is 0 Å². The van der Waals surface area contributed by atoms with Gasteiger partial charge < -0.3 is 10.1 Å². The maximum atomic E-state index is 14.2. The highest BCUT2D eigenvalue weighted by Gasteiger charge is 2.13. The molecule has 100 valence electrons. The van der Waals surface area contributed by atoms with Crippen LogP contribution in [0.4, 0.5) is 4.39 Å². The lowest BCUT2D eigenvalue weighted by atomic mass is 10.0. The van der Waals surface area contributed by atoms with Crippen LogP contribution in [0.25, 0.3) is 10.8 Å². The zero-order valence-corrected chi connectivity index (χ0v) is 10.9. The van der Waals surface area contributed by atoms with Gasteiger partial charge in [0, 0.05) is 6.92 Å². The molecule has 0 saturated heterocycles.